The molecule has 1 saturated heterocycles. The van der Waals surface area contributed by atoms with Gasteiger partial charge in [-0.05, 0) is 36.6 Å². The molecule has 4 rings (SSSR count). The van der Waals surface area contributed by atoms with Crippen LogP contribution in [0.1, 0.15) is 32.5 Å². The molecule has 1 fully saturated rings. The molecule has 1 amide bonds. The maximum absolute atomic E-state index is 13.1. The van der Waals surface area contributed by atoms with E-state index < -0.39 is 11.7 Å². The van der Waals surface area contributed by atoms with Gasteiger partial charge in [0.05, 0.1) is 48.0 Å². The van der Waals surface area contributed by atoms with Gasteiger partial charge in [-0.15, -0.1) is 11.3 Å². The molecule has 1 aliphatic heterocycles. The third-order valence-electron chi connectivity index (χ3n) is 5.49. The minimum Gasteiger partial charge on any atom is -0.379 e. The number of halogens is 3. The maximum atomic E-state index is 13.1. The molecule has 3 heterocycles. The summed E-state index contributed by atoms with van der Waals surface area (Å²) in [6.07, 6.45) is -3.06. The van der Waals surface area contributed by atoms with Gasteiger partial charge in [-0.2, -0.15) is 18.3 Å². The van der Waals surface area contributed by atoms with Crippen molar-refractivity contribution in [2.24, 2.45) is 0 Å². The summed E-state index contributed by atoms with van der Waals surface area (Å²) in [6.45, 7) is 4.95. The second-order valence-electron chi connectivity index (χ2n) is 7.49. The van der Waals surface area contributed by atoms with E-state index in [1.165, 1.54) is 23.0 Å². The van der Waals surface area contributed by atoms with E-state index >= 15 is 0 Å². The monoisotopic (exact) mass is 464 g/mol. The lowest BCUT2D eigenvalue weighted by atomic mass is 10.1. The van der Waals surface area contributed by atoms with Gasteiger partial charge in [0, 0.05) is 24.5 Å². The van der Waals surface area contributed by atoms with Gasteiger partial charge in [0.2, 0.25) is 0 Å². The summed E-state index contributed by atoms with van der Waals surface area (Å²) in [5, 5.41) is 9.15. The number of nitrogens with zero attached hydrogens (tertiary/aromatic N) is 3. The third kappa shape index (κ3) is 4.87. The number of alkyl halides is 3. The molecular formula is C22H23F3N4O2S. The average Bonchev–Trinajstić information content (AvgIpc) is 3.44. The first kappa shape index (κ1) is 22.5. The molecule has 2 aromatic heterocycles. The number of amides is 1. The van der Waals surface area contributed by atoms with E-state index in [1.807, 2.05) is 17.5 Å². The lowest BCUT2D eigenvalue weighted by Crippen LogP contribution is -2.43. The van der Waals surface area contributed by atoms with Gasteiger partial charge in [0.15, 0.2) is 0 Å². The van der Waals surface area contributed by atoms with E-state index in [1.54, 1.807) is 18.3 Å². The second kappa shape index (κ2) is 9.43. The molecule has 3 aromatic rings. The van der Waals surface area contributed by atoms with Crippen LogP contribution >= 0.6 is 11.3 Å². The van der Waals surface area contributed by atoms with Crippen molar-refractivity contribution < 1.29 is 22.7 Å². The van der Waals surface area contributed by atoms with Crippen molar-refractivity contribution in [3.05, 3.63) is 69.7 Å². The highest BCUT2D eigenvalue weighted by Gasteiger charge is 2.31. The topological polar surface area (TPSA) is 59.4 Å². The summed E-state index contributed by atoms with van der Waals surface area (Å²) in [7, 11) is 0. The van der Waals surface area contributed by atoms with Gasteiger partial charge < -0.3 is 10.1 Å². The third-order valence-corrected chi connectivity index (χ3v) is 6.46. The number of benzene rings is 1. The Morgan fingerprint density at radius 1 is 1.25 bits per heavy atom. The molecule has 0 radical (unpaired) electrons. The first-order chi connectivity index (χ1) is 15.3. The van der Waals surface area contributed by atoms with Crippen LogP contribution in [0.2, 0.25) is 0 Å². The number of carbonyl (C=O) groups excluding carboxylic acids is 1. The van der Waals surface area contributed by atoms with Crippen LogP contribution in [0.25, 0.3) is 5.69 Å². The summed E-state index contributed by atoms with van der Waals surface area (Å²) in [5.41, 5.74) is 0.288. The lowest BCUT2D eigenvalue weighted by Gasteiger charge is -2.34. The fourth-order valence-electron chi connectivity index (χ4n) is 3.77. The number of thiophene rings is 1. The molecule has 1 atom stereocenters. The van der Waals surface area contributed by atoms with Crippen LogP contribution in [0.5, 0.6) is 0 Å². The van der Waals surface area contributed by atoms with Crippen molar-refractivity contribution >= 4 is 17.2 Å². The predicted molar refractivity (Wildman–Crippen MR) is 115 cm³/mol. The molecule has 170 valence electrons. The molecule has 32 heavy (non-hydrogen) atoms. The Morgan fingerprint density at radius 3 is 2.72 bits per heavy atom. The van der Waals surface area contributed by atoms with Crippen molar-refractivity contribution in [3.8, 4) is 5.69 Å². The fourth-order valence-corrected chi connectivity index (χ4v) is 4.63. The van der Waals surface area contributed by atoms with Gasteiger partial charge in [0.25, 0.3) is 5.91 Å². The highest BCUT2D eigenvalue weighted by Crippen LogP contribution is 2.30. The highest BCUT2D eigenvalue weighted by molar-refractivity contribution is 7.10. The standard InChI is InChI=1S/C22H23F3N4O2S/c1-15-18(13-27-29(15)17-5-2-4-16(12-17)22(23,24)25)21(30)26-14-19(20-6-3-11-32-20)28-7-9-31-10-8-28/h2-6,11-13,19H,7-10,14H2,1H3,(H,26,30). The quantitative estimate of drug-likeness (QED) is 0.598. The molecule has 10 heteroatoms. The normalized spacial score (nSPS) is 16.1. The van der Waals surface area contributed by atoms with Crippen LogP contribution in [-0.4, -0.2) is 53.4 Å². The van der Waals surface area contributed by atoms with Gasteiger partial charge >= 0.3 is 6.18 Å². The van der Waals surface area contributed by atoms with Crippen LogP contribution in [0.4, 0.5) is 13.2 Å². The van der Waals surface area contributed by atoms with Crippen LogP contribution in [0, 0.1) is 6.92 Å². The first-order valence-corrected chi connectivity index (χ1v) is 11.1. The number of ether oxygens (including phenoxy) is 1. The maximum Gasteiger partial charge on any atom is 0.416 e. The summed E-state index contributed by atoms with van der Waals surface area (Å²) < 4.78 is 46.0. The molecule has 0 saturated carbocycles. The molecule has 1 aliphatic rings. The molecule has 1 unspecified atom stereocenters. The fraction of sp³-hybridized carbons (Fsp3) is 0.364. The molecule has 6 nitrogen and oxygen atoms in total. The highest BCUT2D eigenvalue weighted by atomic mass is 32.1. The molecule has 1 aromatic carbocycles. The van der Waals surface area contributed by atoms with Gasteiger partial charge in [-0.25, -0.2) is 4.68 Å². The van der Waals surface area contributed by atoms with Crippen molar-refractivity contribution in [3.63, 3.8) is 0 Å². The predicted octanol–water partition coefficient (Wildman–Crippen LogP) is 4.06. The van der Waals surface area contributed by atoms with E-state index in [0.29, 0.717) is 31.0 Å². The zero-order chi connectivity index (χ0) is 22.7. The smallest absolute Gasteiger partial charge is 0.379 e. The number of rotatable bonds is 6. The number of hydrogen-bond acceptors (Lipinski definition) is 5. The van der Waals surface area contributed by atoms with Gasteiger partial charge in [0.1, 0.15) is 0 Å². The number of nitrogens with one attached hydrogen (secondary N) is 1. The summed E-state index contributed by atoms with van der Waals surface area (Å²) >= 11 is 1.64. The van der Waals surface area contributed by atoms with Gasteiger partial charge in [-0.3, -0.25) is 9.69 Å². The van der Waals surface area contributed by atoms with Crippen LogP contribution in [0.15, 0.2) is 48.0 Å². The van der Waals surface area contributed by atoms with Gasteiger partial charge in [-0.1, -0.05) is 12.1 Å². The Morgan fingerprint density at radius 2 is 2.03 bits per heavy atom. The summed E-state index contributed by atoms with van der Waals surface area (Å²) in [4.78, 5) is 16.4. The van der Waals surface area contributed by atoms with Crippen LogP contribution in [0.3, 0.4) is 0 Å². The average molecular weight is 465 g/mol. The van der Waals surface area contributed by atoms with Crippen molar-refractivity contribution in [1.82, 2.24) is 20.0 Å². The number of aromatic nitrogens is 2. The van der Waals surface area contributed by atoms with E-state index in [2.05, 4.69) is 15.3 Å². The molecule has 0 bridgehead atoms. The Balaban J connectivity index is 1.50. The van der Waals surface area contributed by atoms with E-state index in [4.69, 9.17) is 4.74 Å². The van der Waals surface area contributed by atoms with Crippen LogP contribution < -0.4 is 5.32 Å². The van der Waals surface area contributed by atoms with Crippen LogP contribution in [-0.2, 0) is 10.9 Å². The SMILES string of the molecule is Cc1c(C(=O)NCC(c2cccs2)N2CCOCC2)cnn1-c1cccc(C(F)(F)F)c1. The van der Waals surface area contributed by atoms with Crippen molar-refractivity contribution in [1.29, 1.82) is 0 Å². The first-order valence-electron chi connectivity index (χ1n) is 10.2. The minimum absolute atomic E-state index is 0.0293. The van der Waals surface area contributed by atoms with Crippen molar-refractivity contribution in [2.45, 2.75) is 19.1 Å². The number of hydrogen-bond donors (Lipinski definition) is 1. The summed E-state index contributed by atoms with van der Waals surface area (Å²) in [5.74, 6) is -0.310. The Kier molecular flexibility index (Phi) is 6.63. The second-order valence-corrected chi connectivity index (χ2v) is 8.47. The summed E-state index contributed by atoms with van der Waals surface area (Å²) in [6, 6.07) is 8.95. The number of morpholine rings is 1. The Labute approximate surface area is 187 Å². The van der Waals surface area contributed by atoms with E-state index in [9.17, 15) is 18.0 Å². The number of carbonyl (C=O) groups is 1. The zero-order valence-corrected chi connectivity index (χ0v) is 18.2. The Bertz CT molecular complexity index is 1060. The molecule has 0 spiro atoms. The lowest BCUT2D eigenvalue weighted by molar-refractivity contribution is -0.137. The Hall–Kier alpha value is -2.69. The van der Waals surface area contributed by atoms with E-state index in [0.717, 1.165) is 30.1 Å². The van der Waals surface area contributed by atoms with E-state index in [-0.39, 0.29) is 17.6 Å². The molecule has 0 aliphatic carbocycles. The largest absolute Gasteiger partial charge is 0.416 e. The minimum atomic E-state index is -4.45. The van der Waals surface area contributed by atoms with Crippen molar-refractivity contribution in [2.75, 3.05) is 32.8 Å². The zero-order valence-electron chi connectivity index (χ0n) is 17.4. The molecule has 1 N–H and O–H groups in total. The molecular weight excluding hydrogens is 441 g/mol.